The molecule has 0 amide bonds. The molecule has 15 heavy (non-hydrogen) atoms. The maximum atomic E-state index is 11.0. The predicted octanol–water partition coefficient (Wildman–Crippen LogP) is 2.48. The van der Waals surface area contributed by atoms with Crippen molar-refractivity contribution in [3.8, 4) is 0 Å². The van der Waals surface area contributed by atoms with Crippen LogP contribution in [0.2, 0.25) is 0 Å². The molecule has 1 saturated carbocycles. The fourth-order valence-corrected chi connectivity index (χ4v) is 3.31. The molecule has 1 saturated heterocycles. The fourth-order valence-electron chi connectivity index (χ4n) is 3.31. The van der Waals surface area contributed by atoms with E-state index in [0.717, 1.165) is 24.8 Å². The van der Waals surface area contributed by atoms with Crippen LogP contribution in [0.1, 0.15) is 46.0 Å². The third-order valence-corrected chi connectivity index (χ3v) is 4.04. The quantitative estimate of drug-likeness (QED) is 0.666. The lowest BCUT2D eigenvalue weighted by Crippen LogP contribution is -2.47. The van der Waals surface area contributed by atoms with E-state index in [4.69, 9.17) is 0 Å². The highest BCUT2D eigenvalue weighted by Gasteiger charge is 2.36. The predicted molar refractivity (Wildman–Crippen MR) is 61.8 cm³/mol. The van der Waals surface area contributed by atoms with Crippen LogP contribution in [0.3, 0.4) is 0 Å². The van der Waals surface area contributed by atoms with Gasteiger partial charge in [0.1, 0.15) is 6.29 Å². The number of carbonyl (C=O) groups excluding carboxylic acids is 1. The number of piperidine rings is 1. The highest BCUT2D eigenvalue weighted by molar-refractivity contribution is 5.58. The molecule has 0 spiro atoms. The van der Waals surface area contributed by atoms with Crippen molar-refractivity contribution >= 4 is 6.29 Å². The highest BCUT2D eigenvalue weighted by Crippen LogP contribution is 2.37. The van der Waals surface area contributed by atoms with Crippen molar-refractivity contribution in [2.45, 2.75) is 52.0 Å². The minimum atomic E-state index is -0.162. The zero-order chi connectivity index (χ0) is 10.9. The Hall–Kier alpha value is -0.370. The average molecular weight is 209 g/mol. The van der Waals surface area contributed by atoms with Gasteiger partial charge in [-0.05, 0) is 38.1 Å². The van der Waals surface area contributed by atoms with E-state index in [1.165, 1.54) is 38.6 Å². The summed E-state index contributed by atoms with van der Waals surface area (Å²) in [6.07, 6.45) is 8.04. The van der Waals surface area contributed by atoms with E-state index < -0.39 is 0 Å². The Labute approximate surface area is 93.0 Å². The summed E-state index contributed by atoms with van der Waals surface area (Å²) in [4.78, 5) is 13.5. The van der Waals surface area contributed by atoms with Gasteiger partial charge in [-0.2, -0.15) is 0 Å². The van der Waals surface area contributed by atoms with Crippen molar-refractivity contribution in [1.82, 2.24) is 4.90 Å². The van der Waals surface area contributed by atoms with Crippen molar-refractivity contribution in [3.63, 3.8) is 0 Å². The Balaban J connectivity index is 1.99. The van der Waals surface area contributed by atoms with Crippen molar-refractivity contribution in [3.05, 3.63) is 0 Å². The number of carbonyl (C=O) groups is 1. The zero-order valence-electron chi connectivity index (χ0n) is 10.0. The highest BCUT2D eigenvalue weighted by atomic mass is 16.1. The molecule has 0 aromatic heterocycles. The van der Waals surface area contributed by atoms with E-state index in [1.807, 2.05) is 0 Å². The summed E-state index contributed by atoms with van der Waals surface area (Å²) in [5.74, 6) is 0.932. The van der Waals surface area contributed by atoms with E-state index in [1.54, 1.807) is 0 Å². The van der Waals surface area contributed by atoms with Gasteiger partial charge in [0.15, 0.2) is 0 Å². The van der Waals surface area contributed by atoms with Crippen molar-refractivity contribution < 1.29 is 4.79 Å². The van der Waals surface area contributed by atoms with Crippen LogP contribution in [0.15, 0.2) is 0 Å². The van der Waals surface area contributed by atoms with Crippen LogP contribution in [0.4, 0.5) is 0 Å². The first-order valence-corrected chi connectivity index (χ1v) is 6.33. The summed E-state index contributed by atoms with van der Waals surface area (Å²) in [6, 6.07) is 0.790. The van der Waals surface area contributed by atoms with Gasteiger partial charge >= 0.3 is 0 Å². The lowest BCUT2D eigenvalue weighted by atomic mass is 9.88. The van der Waals surface area contributed by atoms with Gasteiger partial charge in [0.25, 0.3) is 0 Å². The third kappa shape index (κ3) is 2.41. The first kappa shape index (κ1) is 11.1. The Morgan fingerprint density at radius 3 is 2.73 bits per heavy atom. The van der Waals surface area contributed by atoms with Crippen LogP contribution in [0, 0.1) is 11.3 Å². The van der Waals surface area contributed by atoms with Crippen molar-refractivity contribution in [2.75, 3.05) is 13.1 Å². The molecule has 0 aromatic carbocycles. The SMILES string of the molecule is CC(C)(C=O)CN1CCCC2CCCC21. The Bertz CT molecular complexity index is 237. The summed E-state index contributed by atoms with van der Waals surface area (Å²) in [5.41, 5.74) is -0.162. The number of hydrogen-bond acceptors (Lipinski definition) is 2. The van der Waals surface area contributed by atoms with E-state index in [-0.39, 0.29) is 5.41 Å². The fraction of sp³-hybridized carbons (Fsp3) is 0.923. The molecule has 2 nitrogen and oxygen atoms in total. The van der Waals surface area contributed by atoms with Crippen LogP contribution in [-0.2, 0) is 4.79 Å². The second-order valence-electron chi connectivity index (χ2n) is 5.98. The minimum Gasteiger partial charge on any atom is -0.303 e. The van der Waals surface area contributed by atoms with Gasteiger partial charge in [0.2, 0.25) is 0 Å². The smallest absolute Gasteiger partial charge is 0.126 e. The van der Waals surface area contributed by atoms with E-state index in [2.05, 4.69) is 18.7 Å². The molecule has 0 aromatic rings. The molecule has 1 heterocycles. The first-order valence-electron chi connectivity index (χ1n) is 6.33. The molecule has 0 bridgehead atoms. The van der Waals surface area contributed by atoms with E-state index >= 15 is 0 Å². The monoisotopic (exact) mass is 209 g/mol. The molecule has 0 N–H and O–H groups in total. The summed E-state index contributed by atoms with van der Waals surface area (Å²) < 4.78 is 0. The molecule has 0 radical (unpaired) electrons. The molecule has 2 aliphatic rings. The largest absolute Gasteiger partial charge is 0.303 e. The Morgan fingerprint density at radius 2 is 2.00 bits per heavy atom. The minimum absolute atomic E-state index is 0.162. The van der Waals surface area contributed by atoms with E-state index in [9.17, 15) is 4.79 Å². The molecule has 2 rings (SSSR count). The topological polar surface area (TPSA) is 20.3 Å². The Morgan fingerprint density at radius 1 is 1.27 bits per heavy atom. The lowest BCUT2D eigenvalue weighted by Gasteiger charge is -2.40. The first-order chi connectivity index (χ1) is 7.12. The van der Waals surface area contributed by atoms with Gasteiger partial charge in [-0.25, -0.2) is 0 Å². The number of hydrogen-bond donors (Lipinski definition) is 0. The Kier molecular flexibility index (Phi) is 3.15. The van der Waals surface area contributed by atoms with E-state index in [0.29, 0.717) is 0 Å². The molecular weight excluding hydrogens is 186 g/mol. The van der Waals surface area contributed by atoms with Crippen LogP contribution in [0.25, 0.3) is 0 Å². The second-order valence-corrected chi connectivity index (χ2v) is 5.98. The van der Waals surface area contributed by atoms with Crippen LogP contribution in [-0.4, -0.2) is 30.3 Å². The number of likely N-dealkylation sites (tertiary alicyclic amines) is 1. The van der Waals surface area contributed by atoms with Crippen LogP contribution >= 0.6 is 0 Å². The summed E-state index contributed by atoms with van der Waals surface area (Å²) >= 11 is 0. The van der Waals surface area contributed by atoms with Crippen LogP contribution < -0.4 is 0 Å². The van der Waals surface area contributed by atoms with Crippen LogP contribution in [0.5, 0.6) is 0 Å². The van der Waals surface area contributed by atoms with Gasteiger partial charge in [0.05, 0.1) is 0 Å². The second kappa shape index (κ2) is 4.25. The molecule has 1 aliphatic carbocycles. The van der Waals surface area contributed by atoms with Gasteiger partial charge in [0, 0.05) is 18.0 Å². The number of fused-ring (bicyclic) bond motifs is 1. The number of nitrogens with zero attached hydrogens (tertiary/aromatic N) is 1. The molecule has 2 heteroatoms. The molecule has 1 aliphatic heterocycles. The van der Waals surface area contributed by atoms with Gasteiger partial charge in [-0.3, -0.25) is 4.90 Å². The maximum Gasteiger partial charge on any atom is 0.126 e. The van der Waals surface area contributed by atoms with Crippen molar-refractivity contribution in [2.24, 2.45) is 11.3 Å². The molecule has 2 fully saturated rings. The van der Waals surface area contributed by atoms with Crippen molar-refractivity contribution in [1.29, 1.82) is 0 Å². The standard InChI is InChI=1S/C13H23NO/c1-13(2,10-15)9-14-8-4-6-11-5-3-7-12(11)14/h10-12H,3-9H2,1-2H3. The van der Waals surface area contributed by atoms with Gasteiger partial charge in [-0.15, -0.1) is 0 Å². The molecule has 86 valence electrons. The molecule has 2 atom stereocenters. The molecular formula is C13H23NO. The summed E-state index contributed by atoms with van der Waals surface area (Å²) in [6.45, 7) is 6.27. The average Bonchev–Trinajstić information content (AvgIpc) is 2.66. The summed E-state index contributed by atoms with van der Waals surface area (Å²) in [5, 5.41) is 0. The van der Waals surface area contributed by atoms with Gasteiger partial charge < -0.3 is 4.79 Å². The lowest BCUT2D eigenvalue weighted by molar-refractivity contribution is -0.116. The number of aldehydes is 1. The molecule has 2 unspecified atom stereocenters. The summed E-state index contributed by atoms with van der Waals surface area (Å²) in [7, 11) is 0. The number of rotatable bonds is 3. The van der Waals surface area contributed by atoms with Gasteiger partial charge in [-0.1, -0.05) is 20.3 Å². The normalized spacial score (nSPS) is 32.7. The maximum absolute atomic E-state index is 11.0. The zero-order valence-corrected chi connectivity index (χ0v) is 10.0. The third-order valence-electron chi connectivity index (χ3n) is 4.04.